The molecule has 1 aliphatic rings. The Morgan fingerprint density at radius 2 is 1.73 bits per heavy atom. The molecule has 0 amide bonds. The molecule has 30 heavy (non-hydrogen) atoms. The van der Waals surface area contributed by atoms with Crippen molar-refractivity contribution in [2.24, 2.45) is 0 Å². The third-order valence-electron chi connectivity index (χ3n) is 4.46. The summed E-state index contributed by atoms with van der Waals surface area (Å²) in [6.45, 7) is 3.11. The van der Waals surface area contributed by atoms with E-state index in [1.54, 1.807) is 11.9 Å². The van der Waals surface area contributed by atoms with Gasteiger partial charge in [-0.25, -0.2) is 9.97 Å². The molecule has 0 spiro atoms. The molecule has 0 bridgehead atoms. The van der Waals surface area contributed by atoms with Crippen LogP contribution in [0.1, 0.15) is 0 Å². The van der Waals surface area contributed by atoms with Crippen molar-refractivity contribution in [3.8, 4) is 0 Å². The third-order valence-corrected chi connectivity index (χ3v) is 5.40. The van der Waals surface area contributed by atoms with Crippen LogP contribution in [0, 0.1) is 0 Å². The quantitative estimate of drug-likeness (QED) is 0.467. The molecule has 0 aliphatic carbocycles. The topological polar surface area (TPSA) is 87.2 Å². The van der Waals surface area contributed by atoms with E-state index in [0.717, 1.165) is 35.0 Å². The van der Waals surface area contributed by atoms with Crippen LogP contribution < -0.4 is 20.3 Å². The molecule has 156 valence electrons. The summed E-state index contributed by atoms with van der Waals surface area (Å²) < 4.78 is 8.60. The molecule has 10 heteroatoms. The Morgan fingerprint density at radius 3 is 2.47 bits per heavy atom. The molecule has 1 aliphatic heterocycles. The van der Waals surface area contributed by atoms with Crippen LogP contribution in [0.2, 0.25) is 5.02 Å². The van der Waals surface area contributed by atoms with Crippen molar-refractivity contribution in [1.29, 1.82) is 0 Å². The summed E-state index contributed by atoms with van der Waals surface area (Å²) in [7, 11) is 1.90. The molecule has 2 heterocycles. The maximum Gasteiger partial charge on any atom is 0.232 e. The molecule has 1 aromatic heterocycles. The van der Waals surface area contributed by atoms with Crippen molar-refractivity contribution in [2.45, 2.75) is 4.90 Å². The first-order valence-corrected chi connectivity index (χ1v) is 10.7. The number of morpholine rings is 1. The second kappa shape index (κ2) is 9.94. The summed E-state index contributed by atoms with van der Waals surface area (Å²) in [5.41, 5.74) is 2.87. The lowest BCUT2D eigenvalue weighted by molar-refractivity contribution is 0.123. The van der Waals surface area contributed by atoms with Gasteiger partial charge in [-0.1, -0.05) is 11.6 Å². The van der Waals surface area contributed by atoms with Gasteiger partial charge in [0, 0.05) is 28.7 Å². The van der Waals surface area contributed by atoms with Gasteiger partial charge in [-0.3, -0.25) is 4.72 Å². The monoisotopic (exact) mass is 443 g/mol. The molecule has 4 rings (SSSR count). The predicted molar refractivity (Wildman–Crippen MR) is 122 cm³/mol. The average molecular weight is 444 g/mol. The summed E-state index contributed by atoms with van der Waals surface area (Å²) >= 11 is 7.50. The van der Waals surface area contributed by atoms with E-state index in [1.807, 2.05) is 31.3 Å². The first kappa shape index (κ1) is 20.7. The molecule has 3 N–H and O–H groups in total. The lowest BCUT2D eigenvalue weighted by Gasteiger charge is -2.30. The Hall–Kier alpha value is -2.59. The van der Waals surface area contributed by atoms with Crippen molar-refractivity contribution in [3.05, 3.63) is 53.8 Å². The maximum absolute atomic E-state index is 5.95. The van der Waals surface area contributed by atoms with E-state index in [2.05, 4.69) is 53.4 Å². The van der Waals surface area contributed by atoms with Gasteiger partial charge in [0.1, 0.15) is 6.33 Å². The SMILES string of the molecule is CNSc1ccc(N2CCOCC2)c(Nc2ncnc(Nc3ccc(Cl)cc3)n2)c1. The third kappa shape index (κ3) is 5.31. The Labute approximate surface area is 184 Å². The molecule has 1 saturated heterocycles. The van der Waals surface area contributed by atoms with Crippen molar-refractivity contribution in [1.82, 2.24) is 19.7 Å². The first-order chi connectivity index (χ1) is 14.7. The van der Waals surface area contributed by atoms with E-state index in [9.17, 15) is 0 Å². The predicted octanol–water partition coefficient (Wildman–Crippen LogP) is 4.08. The minimum atomic E-state index is 0.448. The number of aromatic nitrogens is 3. The minimum Gasteiger partial charge on any atom is -0.378 e. The molecule has 0 saturated carbocycles. The summed E-state index contributed by atoms with van der Waals surface area (Å²) in [6.07, 6.45) is 1.48. The van der Waals surface area contributed by atoms with Gasteiger partial charge in [0.2, 0.25) is 11.9 Å². The Bertz CT molecular complexity index is 983. The van der Waals surface area contributed by atoms with Crippen molar-refractivity contribution in [3.63, 3.8) is 0 Å². The van der Waals surface area contributed by atoms with Crippen molar-refractivity contribution >= 4 is 52.5 Å². The van der Waals surface area contributed by atoms with Gasteiger partial charge < -0.3 is 20.3 Å². The fraction of sp³-hybridized carbons (Fsp3) is 0.250. The lowest BCUT2D eigenvalue weighted by atomic mass is 10.2. The highest BCUT2D eigenvalue weighted by Gasteiger charge is 2.16. The molecule has 2 aromatic carbocycles. The van der Waals surface area contributed by atoms with E-state index in [0.29, 0.717) is 30.1 Å². The van der Waals surface area contributed by atoms with E-state index in [-0.39, 0.29) is 0 Å². The van der Waals surface area contributed by atoms with Gasteiger partial charge in [0.05, 0.1) is 24.6 Å². The normalized spacial score (nSPS) is 13.9. The fourth-order valence-electron chi connectivity index (χ4n) is 3.08. The minimum absolute atomic E-state index is 0.448. The zero-order valence-corrected chi connectivity index (χ0v) is 18.0. The molecule has 3 aromatic rings. The van der Waals surface area contributed by atoms with E-state index < -0.39 is 0 Å². The van der Waals surface area contributed by atoms with Crippen LogP contribution in [0.3, 0.4) is 0 Å². The molecule has 8 nitrogen and oxygen atoms in total. The Balaban J connectivity index is 1.57. The standard InChI is InChI=1S/C20H22ClN7OS/c1-22-30-16-6-7-18(28-8-10-29-11-9-28)17(12-16)26-20-24-13-23-19(27-20)25-15-4-2-14(21)3-5-15/h2-7,12-13,22H,8-11H2,1H3,(H2,23,24,25,26,27). The molecule has 0 atom stereocenters. The Kier molecular flexibility index (Phi) is 6.85. The summed E-state index contributed by atoms with van der Waals surface area (Å²) in [5, 5.41) is 7.20. The van der Waals surface area contributed by atoms with Crippen molar-refractivity contribution in [2.75, 3.05) is 48.9 Å². The van der Waals surface area contributed by atoms with E-state index in [4.69, 9.17) is 16.3 Å². The van der Waals surface area contributed by atoms with Crippen LogP contribution in [-0.4, -0.2) is 48.3 Å². The van der Waals surface area contributed by atoms with Crippen LogP contribution in [0.25, 0.3) is 0 Å². The summed E-state index contributed by atoms with van der Waals surface area (Å²) in [5.74, 6) is 0.908. The van der Waals surface area contributed by atoms with Crippen LogP contribution in [0.15, 0.2) is 53.7 Å². The number of anilines is 5. The smallest absolute Gasteiger partial charge is 0.232 e. The van der Waals surface area contributed by atoms with Gasteiger partial charge in [-0.15, -0.1) is 0 Å². The number of ether oxygens (including phenoxy) is 1. The van der Waals surface area contributed by atoms with E-state index in [1.165, 1.54) is 6.33 Å². The second-order valence-corrected chi connectivity index (χ2v) is 7.99. The van der Waals surface area contributed by atoms with E-state index >= 15 is 0 Å². The average Bonchev–Trinajstić information content (AvgIpc) is 2.77. The number of hydrogen-bond donors (Lipinski definition) is 3. The van der Waals surface area contributed by atoms with Crippen LogP contribution in [0.4, 0.5) is 29.0 Å². The number of rotatable bonds is 7. The number of halogens is 1. The largest absolute Gasteiger partial charge is 0.378 e. The van der Waals surface area contributed by atoms with Crippen molar-refractivity contribution < 1.29 is 4.74 Å². The molecule has 0 unspecified atom stereocenters. The summed E-state index contributed by atoms with van der Waals surface area (Å²) in [4.78, 5) is 16.4. The zero-order chi connectivity index (χ0) is 20.8. The Morgan fingerprint density at radius 1 is 1.00 bits per heavy atom. The number of hydrogen-bond acceptors (Lipinski definition) is 9. The number of benzene rings is 2. The molecular weight excluding hydrogens is 422 g/mol. The van der Waals surface area contributed by atoms with Gasteiger partial charge in [-0.05, 0) is 61.5 Å². The summed E-state index contributed by atoms with van der Waals surface area (Å²) in [6, 6.07) is 13.7. The zero-order valence-electron chi connectivity index (χ0n) is 16.4. The van der Waals surface area contributed by atoms with Crippen LogP contribution in [0.5, 0.6) is 0 Å². The lowest BCUT2D eigenvalue weighted by Crippen LogP contribution is -2.36. The number of nitrogens with one attached hydrogen (secondary N) is 3. The maximum atomic E-state index is 5.95. The molecule has 1 fully saturated rings. The van der Waals surface area contributed by atoms with Gasteiger partial charge in [0.25, 0.3) is 0 Å². The van der Waals surface area contributed by atoms with Gasteiger partial charge in [0.15, 0.2) is 0 Å². The van der Waals surface area contributed by atoms with Gasteiger partial charge >= 0.3 is 0 Å². The second-order valence-electron chi connectivity index (χ2n) is 6.47. The van der Waals surface area contributed by atoms with Crippen LogP contribution >= 0.6 is 23.5 Å². The highest BCUT2D eigenvalue weighted by molar-refractivity contribution is 7.97. The molecule has 0 radical (unpaired) electrons. The fourth-order valence-corrected chi connectivity index (χ4v) is 3.75. The van der Waals surface area contributed by atoms with Gasteiger partial charge in [-0.2, -0.15) is 4.98 Å². The first-order valence-electron chi connectivity index (χ1n) is 9.50. The highest BCUT2D eigenvalue weighted by atomic mass is 35.5. The highest BCUT2D eigenvalue weighted by Crippen LogP contribution is 2.32. The number of nitrogens with zero attached hydrogens (tertiary/aromatic N) is 4. The molecular formula is C20H22ClN7OS. The van der Waals surface area contributed by atoms with Crippen LogP contribution in [-0.2, 0) is 4.74 Å².